The second-order valence-electron chi connectivity index (χ2n) is 5.82. The topological polar surface area (TPSA) is 102 Å². The van der Waals surface area contributed by atoms with Crippen molar-refractivity contribution in [2.45, 2.75) is 13.0 Å². The third-order valence-corrected chi connectivity index (χ3v) is 4.76. The smallest absolute Gasteiger partial charge is 0.335 e. The number of rotatable bonds is 8. The summed E-state index contributed by atoms with van der Waals surface area (Å²) in [5.41, 5.74) is 1.22. The van der Waals surface area contributed by atoms with E-state index in [0.717, 1.165) is 22.8 Å². The number of hydrogen-bond acceptors (Lipinski definition) is 8. The highest BCUT2D eigenvalue weighted by molar-refractivity contribution is 7.15. The van der Waals surface area contributed by atoms with E-state index in [1.165, 1.54) is 7.11 Å². The summed E-state index contributed by atoms with van der Waals surface area (Å²) in [6, 6.07) is 14.9. The predicted molar refractivity (Wildman–Crippen MR) is 109 cm³/mol. The molecule has 150 valence electrons. The highest BCUT2D eigenvalue weighted by atomic mass is 32.1. The number of benzene rings is 2. The molecule has 0 aliphatic heterocycles. The molecule has 0 saturated heterocycles. The predicted octanol–water partition coefficient (Wildman–Crippen LogP) is 3.32. The number of esters is 1. The van der Waals surface area contributed by atoms with Gasteiger partial charge in [0, 0.05) is 11.3 Å². The zero-order valence-corrected chi connectivity index (χ0v) is 16.7. The average molecular weight is 412 g/mol. The number of carbonyl (C=O) groups excluding carboxylic acids is 2. The van der Waals surface area contributed by atoms with E-state index >= 15 is 0 Å². The molecule has 0 spiro atoms. The molecule has 0 aliphatic rings. The van der Waals surface area contributed by atoms with Crippen LogP contribution >= 0.6 is 11.3 Å². The van der Waals surface area contributed by atoms with E-state index in [2.05, 4.69) is 20.8 Å². The molecule has 0 bridgehead atoms. The van der Waals surface area contributed by atoms with Crippen molar-refractivity contribution in [1.29, 1.82) is 0 Å². The Balaban J connectivity index is 1.73. The van der Waals surface area contributed by atoms with Crippen LogP contribution in [0.2, 0.25) is 0 Å². The van der Waals surface area contributed by atoms with Gasteiger partial charge < -0.3 is 20.1 Å². The number of carbonyl (C=O) groups is 2. The quantitative estimate of drug-likeness (QED) is 0.547. The fourth-order valence-corrected chi connectivity index (χ4v) is 3.27. The molecular weight excluding hydrogens is 392 g/mol. The summed E-state index contributed by atoms with van der Waals surface area (Å²) in [7, 11) is 1.25. The van der Waals surface area contributed by atoms with Crippen molar-refractivity contribution in [2.24, 2.45) is 0 Å². The van der Waals surface area contributed by atoms with Crippen LogP contribution in [-0.4, -0.2) is 35.8 Å². The molecule has 1 amide bonds. The Bertz CT molecular complexity index is 960. The van der Waals surface area contributed by atoms with Gasteiger partial charge in [0.2, 0.25) is 5.13 Å². The van der Waals surface area contributed by atoms with Gasteiger partial charge in [0.05, 0.1) is 13.7 Å². The molecule has 29 heavy (non-hydrogen) atoms. The Labute approximate surface area is 171 Å². The largest absolute Gasteiger partial charge is 0.494 e. The maximum atomic E-state index is 12.4. The Morgan fingerprint density at radius 1 is 1.07 bits per heavy atom. The zero-order valence-electron chi connectivity index (χ0n) is 15.9. The number of amides is 1. The third kappa shape index (κ3) is 5.29. The van der Waals surface area contributed by atoms with Crippen LogP contribution in [0.15, 0.2) is 54.6 Å². The molecule has 0 fully saturated rings. The molecule has 1 aromatic heterocycles. The molecule has 9 heteroatoms. The van der Waals surface area contributed by atoms with Crippen LogP contribution in [0.25, 0.3) is 0 Å². The van der Waals surface area contributed by atoms with Gasteiger partial charge in [-0.1, -0.05) is 29.5 Å². The van der Waals surface area contributed by atoms with E-state index in [1.807, 2.05) is 31.2 Å². The second-order valence-corrected chi connectivity index (χ2v) is 6.83. The third-order valence-electron chi connectivity index (χ3n) is 3.85. The number of hydrogen-bond donors (Lipinski definition) is 2. The molecule has 0 saturated carbocycles. The molecule has 2 aromatic carbocycles. The van der Waals surface area contributed by atoms with Crippen LogP contribution < -0.4 is 15.4 Å². The Hall–Kier alpha value is -3.46. The highest BCUT2D eigenvalue weighted by Gasteiger charge is 2.28. The maximum Gasteiger partial charge on any atom is 0.335 e. The van der Waals surface area contributed by atoms with Gasteiger partial charge in [0.15, 0.2) is 11.0 Å². The van der Waals surface area contributed by atoms with E-state index in [9.17, 15) is 9.59 Å². The number of aromatic nitrogens is 2. The first-order valence-corrected chi connectivity index (χ1v) is 9.69. The lowest BCUT2D eigenvalue weighted by atomic mass is 10.2. The van der Waals surface area contributed by atoms with Crippen LogP contribution in [0, 0.1) is 0 Å². The van der Waals surface area contributed by atoms with Crippen molar-refractivity contribution in [3.63, 3.8) is 0 Å². The first-order valence-electron chi connectivity index (χ1n) is 8.87. The van der Waals surface area contributed by atoms with Gasteiger partial charge >= 0.3 is 5.97 Å². The van der Waals surface area contributed by atoms with E-state index in [4.69, 9.17) is 9.47 Å². The van der Waals surface area contributed by atoms with Crippen molar-refractivity contribution in [3.8, 4) is 5.75 Å². The Kier molecular flexibility index (Phi) is 6.75. The van der Waals surface area contributed by atoms with Crippen LogP contribution in [0.5, 0.6) is 5.75 Å². The Morgan fingerprint density at radius 3 is 2.45 bits per heavy atom. The van der Waals surface area contributed by atoms with Gasteiger partial charge in [-0.15, -0.1) is 10.2 Å². The first-order chi connectivity index (χ1) is 14.1. The lowest BCUT2D eigenvalue weighted by molar-refractivity contribution is -0.143. The van der Waals surface area contributed by atoms with Crippen LogP contribution in [-0.2, 0) is 9.53 Å². The summed E-state index contributed by atoms with van der Waals surface area (Å²) in [6.07, 6.45) is 0. The lowest BCUT2D eigenvalue weighted by Gasteiger charge is -2.13. The average Bonchev–Trinajstić information content (AvgIpc) is 3.21. The summed E-state index contributed by atoms with van der Waals surface area (Å²) in [4.78, 5) is 24.7. The molecule has 1 heterocycles. The minimum atomic E-state index is -1.05. The van der Waals surface area contributed by atoms with Gasteiger partial charge in [-0.05, 0) is 43.3 Å². The molecule has 8 nitrogen and oxygen atoms in total. The summed E-state index contributed by atoms with van der Waals surface area (Å²) in [6.45, 7) is 2.51. The fourth-order valence-electron chi connectivity index (χ4n) is 2.47. The Morgan fingerprint density at radius 2 is 1.79 bits per heavy atom. The van der Waals surface area contributed by atoms with Crippen molar-refractivity contribution in [3.05, 3.63) is 65.2 Å². The SMILES string of the molecule is CCOc1ccc(Nc2nnc([C@@H](NC(=O)c3ccccc3)C(=O)OC)s2)cc1. The fraction of sp³-hybridized carbons (Fsp3) is 0.200. The minimum Gasteiger partial charge on any atom is -0.494 e. The number of ether oxygens (including phenoxy) is 2. The van der Waals surface area contributed by atoms with E-state index in [1.54, 1.807) is 30.3 Å². The van der Waals surface area contributed by atoms with Crippen LogP contribution in [0.3, 0.4) is 0 Å². The molecule has 1 atom stereocenters. The van der Waals surface area contributed by atoms with Crippen molar-refractivity contribution >= 4 is 34.0 Å². The summed E-state index contributed by atoms with van der Waals surface area (Å²) >= 11 is 1.15. The normalized spacial score (nSPS) is 11.4. The molecule has 0 aliphatic carbocycles. The van der Waals surface area contributed by atoms with E-state index in [0.29, 0.717) is 22.3 Å². The van der Waals surface area contributed by atoms with Gasteiger partial charge in [-0.2, -0.15) is 0 Å². The zero-order chi connectivity index (χ0) is 20.6. The molecule has 0 radical (unpaired) electrons. The number of nitrogens with one attached hydrogen (secondary N) is 2. The van der Waals surface area contributed by atoms with E-state index < -0.39 is 17.9 Å². The molecule has 3 aromatic rings. The van der Waals surface area contributed by atoms with Crippen LogP contribution in [0.4, 0.5) is 10.8 Å². The first kappa shape index (κ1) is 20.3. The second kappa shape index (κ2) is 9.65. The maximum absolute atomic E-state index is 12.4. The number of anilines is 2. The minimum absolute atomic E-state index is 0.314. The van der Waals surface area contributed by atoms with Gasteiger partial charge in [0.25, 0.3) is 5.91 Å². The summed E-state index contributed by atoms with van der Waals surface area (Å²) < 4.78 is 10.2. The highest BCUT2D eigenvalue weighted by Crippen LogP contribution is 2.26. The molecule has 3 rings (SSSR count). The lowest BCUT2D eigenvalue weighted by Crippen LogP contribution is -2.34. The summed E-state index contributed by atoms with van der Waals surface area (Å²) in [5.74, 6) is -0.263. The number of nitrogens with zero attached hydrogens (tertiary/aromatic N) is 2. The van der Waals surface area contributed by atoms with Crippen LogP contribution in [0.1, 0.15) is 28.3 Å². The monoisotopic (exact) mass is 412 g/mol. The van der Waals surface area contributed by atoms with Crippen molar-refractivity contribution in [1.82, 2.24) is 15.5 Å². The molecular formula is C20H20N4O4S. The molecule has 2 N–H and O–H groups in total. The van der Waals surface area contributed by atoms with E-state index in [-0.39, 0.29) is 0 Å². The molecule has 0 unspecified atom stereocenters. The van der Waals surface area contributed by atoms with Gasteiger partial charge in [-0.3, -0.25) is 4.79 Å². The van der Waals surface area contributed by atoms with Crippen molar-refractivity contribution in [2.75, 3.05) is 19.0 Å². The van der Waals surface area contributed by atoms with Gasteiger partial charge in [0.1, 0.15) is 5.75 Å². The summed E-state index contributed by atoms with van der Waals surface area (Å²) in [5, 5.41) is 14.7. The number of methoxy groups -OCH3 is 1. The van der Waals surface area contributed by atoms with Crippen molar-refractivity contribution < 1.29 is 19.1 Å². The van der Waals surface area contributed by atoms with Gasteiger partial charge in [-0.25, -0.2) is 4.79 Å². The standard InChI is InChI=1S/C20H20N4O4S/c1-3-28-15-11-9-14(10-12-15)21-20-24-23-18(29-20)16(19(26)27-2)22-17(25)13-7-5-4-6-8-13/h4-12,16H,3H2,1-2H3,(H,21,24)(H,22,25)/t16-/m1/s1.